The quantitative estimate of drug-likeness (QED) is 0.768. The van der Waals surface area contributed by atoms with Gasteiger partial charge in [-0.2, -0.15) is 0 Å². The van der Waals surface area contributed by atoms with E-state index in [-0.39, 0.29) is 17.6 Å². The second-order valence-corrected chi connectivity index (χ2v) is 5.55. The van der Waals surface area contributed by atoms with Gasteiger partial charge in [-0.3, -0.25) is 9.69 Å². The third-order valence-corrected chi connectivity index (χ3v) is 3.20. The summed E-state index contributed by atoms with van der Waals surface area (Å²) in [6, 6.07) is 9.48. The Balaban J connectivity index is 2.51. The third kappa shape index (κ3) is 4.15. The first-order valence-electron chi connectivity index (χ1n) is 6.26. The van der Waals surface area contributed by atoms with Gasteiger partial charge in [0, 0.05) is 5.54 Å². The Morgan fingerprint density at radius 1 is 1.28 bits per heavy atom. The molecular formula is C15H23NO2. The molecule has 0 unspecified atom stereocenters. The predicted molar refractivity (Wildman–Crippen MR) is 73.2 cm³/mol. The summed E-state index contributed by atoms with van der Waals surface area (Å²) < 4.78 is 5.33. The zero-order valence-electron chi connectivity index (χ0n) is 11.9. The van der Waals surface area contributed by atoms with E-state index in [9.17, 15) is 4.79 Å². The summed E-state index contributed by atoms with van der Waals surface area (Å²) in [5, 5.41) is 0. The summed E-state index contributed by atoms with van der Waals surface area (Å²) in [6.45, 7) is 8.44. The molecule has 100 valence electrons. The van der Waals surface area contributed by atoms with E-state index in [4.69, 9.17) is 4.74 Å². The van der Waals surface area contributed by atoms with Gasteiger partial charge in [0.25, 0.3) is 0 Å². The summed E-state index contributed by atoms with van der Waals surface area (Å²) in [5.41, 5.74) is 0.960. The van der Waals surface area contributed by atoms with Gasteiger partial charge in [-0.05, 0) is 40.3 Å². The fraction of sp³-hybridized carbons (Fsp3) is 0.533. The SMILES string of the molecule is C[C@H](C(=O)OCc1ccccc1)N(C)C(C)(C)C. The first kappa shape index (κ1) is 14.7. The summed E-state index contributed by atoms with van der Waals surface area (Å²) in [5.74, 6) is -0.184. The monoisotopic (exact) mass is 249 g/mol. The molecule has 0 N–H and O–H groups in total. The molecule has 1 rings (SSSR count). The lowest BCUT2D eigenvalue weighted by molar-refractivity contribution is -0.152. The summed E-state index contributed by atoms with van der Waals surface area (Å²) in [4.78, 5) is 14.0. The average molecular weight is 249 g/mol. The highest BCUT2D eigenvalue weighted by molar-refractivity contribution is 5.75. The van der Waals surface area contributed by atoms with E-state index in [0.717, 1.165) is 5.56 Å². The molecule has 0 aromatic heterocycles. The van der Waals surface area contributed by atoms with E-state index in [1.54, 1.807) is 0 Å². The molecule has 0 heterocycles. The minimum absolute atomic E-state index is 0.0504. The number of esters is 1. The van der Waals surface area contributed by atoms with E-state index in [1.807, 2.05) is 49.2 Å². The number of hydrogen-bond acceptors (Lipinski definition) is 3. The smallest absolute Gasteiger partial charge is 0.323 e. The molecule has 18 heavy (non-hydrogen) atoms. The third-order valence-electron chi connectivity index (χ3n) is 3.20. The van der Waals surface area contributed by atoms with Crippen molar-refractivity contribution in [2.45, 2.75) is 45.9 Å². The number of carbonyl (C=O) groups excluding carboxylic acids is 1. The van der Waals surface area contributed by atoms with Gasteiger partial charge in [0.1, 0.15) is 12.6 Å². The van der Waals surface area contributed by atoms with Gasteiger partial charge < -0.3 is 4.74 Å². The molecule has 0 spiro atoms. The standard InChI is InChI=1S/C15H23NO2/c1-12(16(5)15(2,3)4)14(17)18-11-13-9-7-6-8-10-13/h6-10,12H,11H2,1-5H3/t12-/m1/s1. The first-order chi connectivity index (χ1) is 8.32. The lowest BCUT2D eigenvalue weighted by Gasteiger charge is -2.35. The Labute approximate surface area is 110 Å². The second kappa shape index (κ2) is 6.01. The van der Waals surface area contributed by atoms with Crippen LogP contribution in [-0.2, 0) is 16.1 Å². The molecule has 3 nitrogen and oxygen atoms in total. The Bertz CT molecular complexity index is 381. The van der Waals surface area contributed by atoms with Crippen LogP contribution in [0.25, 0.3) is 0 Å². The first-order valence-corrected chi connectivity index (χ1v) is 6.26. The van der Waals surface area contributed by atoms with Gasteiger partial charge in [0.2, 0.25) is 0 Å². The van der Waals surface area contributed by atoms with E-state index in [0.29, 0.717) is 6.61 Å². The fourth-order valence-electron chi connectivity index (χ4n) is 1.59. The summed E-state index contributed by atoms with van der Waals surface area (Å²) in [6.07, 6.45) is 0. The number of rotatable bonds is 4. The highest BCUT2D eigenvalue weighted by atomic mass is 16.5. The van der Waals surface area contributed by atoms with Crippen LogP contribution in [0.1, 0.15) is 33.3 Å². The minimum Gasteiger partial charge on any atom is -0.460 e. The highest BCUT2D eigenvalue weighted by Gasteiger charge is 2.27. The predicted octanol–water partition coefficient (Wildman–Crippen LogP) is 2.85. The molecule has 0 aliphatic heterocycles. The van der Waals surface area contributed by atoms with Crippen LogP contribution in [0, 0.1) is 0 Å². The molecular weight excluding hydrogens is 226 g/mol. The van der Waals surface area contributed by atoms with Crippen LogP contribution < -0.4 is 0 Å². The molecule has 0 saturated carbocycles. The van der Waals surface area contributed by atoms with Gasteiger partial charge in [0.15, 0.2) is 0 Å². The number of carbonyl (C=O) groups is 1. The maximum absolute atomic E-state index is 11.9. The number of ether oxygens (including phenoxy) is 1. The van der Waals surface area contributed by atoms with Crippen LogP contribution in [0.5, 0.6) is 0 Å². The van der Waals surface area contributed by atoms with Gasteiger partial charge in [0.05, 0.1) is 0 Å². The van der Waals surface area contributed by atoms with Gasteiger partial charge in [-0.1, -0.05) is 30.3 Å². The van der Waals surface area contributed by atoms with E-state index in [2.05, 4.69) is 20.8 Å². The van der Waals surface area contributed by atoms with Crippen LogP contribution in [0.2, 0.25) is 0 Å². The normalized spacial score (nSPS) is 13.4. The molecule has 0 radical (unpaired) electrons. The van der Waals surface area contributed by atoms with Crippen molar-refractivity contribution in [3.05, 3.63) is 35.9 Å². The molecule has 0 amide bonds. The number of benzene rings is 1. The lowest BCUT2D eigenvalue weighted by atomic mass is 10.0. The van der Waals surface area contributed by atoms with Crippen LogP contribution >= 0.6 is 0 Å². The minimum atomic E-state index is -0.242. The van der Waals surface area contributed by atoms with Crippen LogP contribution in [0.15, 0.2) is 30.3 Å². The van der Waals surface area contributed by atoms with E-state index >= 15 is 0 Å². The van der Waals surface area contributed by atoms with Gasteiger partial charge >= 0.3 is 5.97 Å². The maximum atomic E-state index is 11.9. The molecule has 1 aromatic carbocycles. The number of nitrogens with zero attached hydrogens (tertiary/aromatic N) is 1. The molecule has 0 fully saturated rings. The van der Waals surface area contributed by atoms with Crippen molar-refractivity contribution in [3.8, 4) is 0 Å². The average Bonchev–Trinajstić information content (AvgIpc) is 2.34. The molecule has 1 atom stereocenters. The van der Waals surface area contributed by atoms with Crippen molar-refractivity contribution < 1.29 is 9.53 Å². The van der Waals surface area contributed by atoms with Crippen molar-refractivity contribution in [2.75, 3.05) is 7.05 Å². The van der Waals surface area contributed by atoms with Crippen molar-refractivity contribution in [1.82, 2.24) is 4.90 Å². The summed E-state index contributed by atoms with van der Waals surface area (Å²) >= 11 is 0. The maximum Gasteiger partial charge on any atom is 0.323 e. The zero-order valence-corrected chi connectivity index (χ0v) is 11.9. The largest absolute Gasteiger partial charge is 0.460 e. The van der Waals surface area contributed by atoms with Crippen molar-refractivity contribution in [2.24, 2.45) is 0 Å². The number of likely N-dealkylation sites (N-methyl/N-ethyl adjacent to an activating group) is 1. The molecule has 0 aliphatic rings. The topological polar surface area (TPSA) is 29.5 Å². The second-order valence-electron chi connectivity index (χ2n) is 5.55. The van der Waals surface area contributed by atoms with Crippen LogP contribution in [-0.4, -0.2) is 29.5 Å². The zero-order chi connectivity index (χ0) is 13.8. The Morgan fingerprint density at radius 3 is 2.33 bits per heavy atom. The van der Waals surface area contributed by atoms with Crippen LogP contribution in [0.3, 0.4) is 0 Å². The van der Waals surface area contributed by atoms with Crippen molar-refractivity contribution >= 4 is 5.97 Å². The Kier molecular flexibility index (Phi) is 4.91. The molecule has 0 aliphatic carbocycles. The van der Waals surface area contributed by atoms with E-state index < -0.39 is 0 Å². The lowest BCUT2D eigenvalue weighted by Crippen LogP contribution is -2.48. The Morgan fingerprint density at radius 2 is 1.83 bits per heavy atom. The van der Waals surface area contributed by atoms with E-state index in [1.165, 1.54) is 0 Å². The van der Waals surface area contributed by atoms with Gasteiger partial charge in [-0.25, -0.2) is 0 Å². The molecule has 0 bridgehead atoms. The highest BCUT2D eigenvalue weighted by Crippen LogP contribution is 2.15. The van der Waals surface area contributed by atoms with Crippen LogP contribution in [0.4, 0.5) is 0 Å². The fourth-order valence-corrected chi connectivity index (χ4v) is 1.59. The molecule has 1 aromatic rings. The molecule has 0 saturated heterocycles. The number of hydrogen-bond donors (Lipinski definition) is 0. The van der Waals surface area contributed by atoms with Crippen molar-refractivity contribution in [3.63, 3.8) is 0 Å². The van der Waals surface area contributed by atoms with Crippen molar-refractivity contribution in [1.29, 1.82) is 0 Å². The summed E-state index contributed by atoms with van der Waals surface area (Å²) in [7, 11) is 1.94. The molecule has 3 heteroatoms. The Hall–Kier alpha value is -1.35. The van der Waals surface area contributed by atoms with Gasteiger partial charge in [-0.15, -0.1) is 0 Å².